The molecule has 0 N–H and O–H groups in total. The molecule has 0 saturated heterocycles. The van der Waals surface area contributed by atoms with Gasteiger partial charge in [-0.1, -0.05) is 129 Å². The molecule has 2 aliphatic carbocycles. The number of anilines is 3. The second kappa shape index (κ2) is 12.6. The molecule has 56 heavy (non-hydrogen) atoms. The second-order valence-electron chi connectivity index (χ2n) is 15.6. The van der Waals surface area contributed by atoms with Crippen molar-refractivity contribution < 1.29 is 0 Å². The summed E-state index contributed by atoms with van der Waals surface area (Å²) < 4.78 is 4.68. The van der Waals surface area contributed by atoms with Crippen molar-refractivity contribution in [3.63, 3.8) is 0 Å². The van der Waals surface area contributed by atoms with Gasteiger partial charge in [-0.3, -0.25) is 8.97 Å². The lowest BCUT2D eigenvalue weighted by atomic mass is 9.82. The Labute approximate surface area is 327 Å². The van der Waals surface area contributed by atoms with Crippen molar-refractivity contribution in [1.29, 1.82) is 0 Å². The van der Waals surface area contributed by atoms with Gasteiger partial charge in [0, 0.05) is 28.2 Å². The molecule has 0 fully saturated rings. The van der Waals surface area contributed by atoms with E-state index in [1.807, 2.05) is 0 Å². The fourth-order valence-corrected chi connectivity index (χ4v) is 9.17. The number of rotatable bonds is 6. The average Bonchev–Trinajstić information content (AvgIpc) is 3.86. The number of hydrogen-bond acceptors (Lipinski definition) is 2. The molecule has 0 unspecified atom stereocenters. The van der Waals surface area contributed by atoms with E-state index in [9.17, 15) is 0 Å². The number of imidazole rings is 2. The Bertz CT molecular complexity index is 2960. The van der Waals surface area contributed by atoms with E-state index in [0.29, 0.717) is 0 Å². The molecule has 11 rings (SSSR count). The maximum absolute atomic E-state index is 5.16. The fourth-order valence-electron chi connectivity index (χ4n) is 9.17. The number of fused-ring (bicyclic) bond motifs is 8. The van der Waals surface area contributed by atoms with Crippen LogP contribution in [0.25, 0.3) is 62.0 Å². The summed E-state index contributed by atoms with van der Waals surface area (Å²) in [5, 5.41) is 0. The van der Waals surface area contributed by atoms with E-state index in [2.05, 4.69) is 210 Å². The average molecular weight is 721 g/mol. The normalized spacial score (nSPS) is 13.8. The van der Waals surface area contributed by atoms with Gasteiger partial charge in [0.2, 0.25) is 5.78 Å². The highest BCUT2D eigenvalue weighted by Gasteiger charge is 2.35. The van der Waals surface area contributed by atoms with Crippen LogP contribution in [-0.4, -0.2) is 14.0 Å². The van der Waals surface area contributed by atoms with Crippen molar-refractivity contribution >= 4 is 39.9 Å². The first kappa shape index (κ1) is 32.5. The van der Waals surface area contributed by atoms with Crippen molar-refractivity contribution in [2.24, 2.45) is 0 Å². The molecule has 0 saturated carbocycles. The number of aromatic nitrogens is 3. The van der Waals surface area contributed by atoms with Crippen LogP contribution in [0.3, 0.4) is 0 Å². The van der Waals surface area contributed by atoms with E-state index in [4.69, 9.17) is 4.98 Å². The summed E-state index contributed by atoms with van der Waals surface area (Å²) in [4.78, 5) is 7.55. The van der Waals surface area contributed by atoms with Crippen molar-refractivity contribution in [3.8, 4) is 39.1 Å². The number of allylic oxidation sites excluding steroid dienone is 1. The van der Waals surface area contributed by atoms with E-state index in [-0.39, 0.29) is 5.41 Å². The Morgan fingerprint density at radius 2 is 1.14 bits per heavy atom. The van der Waals surface area contributed by atoms with Gasteiger partial charge in [0.1, 0.15) is 0 Å². The zero-order chi connectivity index (χ0) is 37.4. The summed E-state index contributed by atoms with van der Waals surface area (Å²) in [5.74, 6) is 0.963. The van der Waals surface area contributed by atoms with Gasteiger partial charge >= 0.3 is 0 Å². The van der Waals surface area contributed by atoms with Crippen LogP contribution < -0.4 is 4.90 Å². The molecule has 268 valence electrons. The van der Waals surface area contributed by atoms with Crippen LogP contribution in [0.1, 0.15) is 42.8 Å². The molecule has 0 spiro atoms. The Kier molecular flexibility index (Phi) is 7.30. The zero-order valence-corrected chi connectivity index (χ0v) is 31.5. The first-order valence-electron chi connectivity index (χ1n) is 19.6. The third-order valence-corrected chi connectivity index (χ3v) is 12.0. The van der Waals surface area contributed by atoms with E-state index >= 15 is 0 Å². The second-order valence-corrected chi connectivity index (χ2v) is 15.6. The van der Waals surface area contributed by atoms with Gasteiger partial charge in [0.25, 0.3) is 0 Å². The molecule has 7 aromatic carbocycles. The van der Waals surface area contributed by atoms with Crippen LogP contribution in [0.5, 0.6) is 0 Å². The summed E-state index contributed by atoms with van der Waals surface area (Å²) in [6.45, 7) is 4.70. The van der Waals surface area contributed by atoms with Crippen LogP contribution >= 0.6 is 0 Å². The molecule has 2 aliphatic rings. The fraction of sp³-hybridized carbons (Fsp3) is 0.0962. The first-order valence-corrected chi connectivity index (χ1v) is 19.6. The minimum Gasteiger partial charge on any atom is -0.310 e. The third-order valence-electron chi connectivity index (χ3n) is 12.0. The van der Waals surface area contributed by atoms with Crippen molar-refractivity contribution in [2.45, 2.75) is 32.1 Å². The van der Waals surface area contributed by atoms with Crippen LogP contribution in [0.15, 0.2) is 176 Å². The number of hydrogen-bond donors (Lipinski definition) is 0. The summed E-state index contributed by atoms with van der Waals surface area (Å²) >= 11 is 0. The van der Waals surface area contributed by atoms with Gasteiger partial charge in [0.05, 0.1) is 22.4 Å². The molecule has 0 amide bonds. The quantitative estimate of drug-likeness (QED) is 0.171. The van der Waals surface area contributed by atoms with Gasteiger partial charge in [-0.2, -0.15) is 0 Å². The van der Waals surface area contributed by atoms with Crippen LogP contribution in [0.4, 0.5) is 17.1 Å². The number of nitrogens with zero attached hydrogens (tertiary/aromatic N) is 4. The molecule has 2 aromatic heterocycles. The highest BCUT2D eigenvalue weighted by molar-refractivity contribution is 5.90. The lowest BCUT2D eigenvalue weighted by Gasteiger charge is -2.28. The Morgan fingerprint density at radius 3 is 1.89 bits per heavy atom. The number of aryl methyl sites for hydroxylation is 1. The molecular formula is C52H40N4. The predicted molar refractivity (Wildman–Crippen MR) is 232 cm³/mol. The zero-order valence-electron chi connectivity index (χ0n) is 31.5. The largest absolute Gasteiger partial charge is 0.310 e. The minimum absolute atomic E-state index is 0.0943. The topological polar surface area (TPSA) is 25.5 Å². The molecule has 2 heterocycles. The minimum atomic E-state index is -0.0943. The molecule has 4 heteroatoms. The standard InChI is InChI=1S/C52H40N4/c1-52(2)45-18-10-9-17-43(45)44-31-30-42(34-46(44)52)54(40-26-21-36(22-27-40)35-13-5-3-6-14-35)41-28-23-37(24-29-41)38-25-32-49-50(33-38)56-48-20-12-11-19-47(48)53-51(56)55(49)39-15-7-4-8-16-39/h3-11,13-19,21-34H,12,20H2,1-2H3. The van der Waals surface area contributed by atoms with Crippen LogP contribution in [-0.2, 0) is 11.8 Å². The highest BCUT2D eigenvalue weighted by atomic mass is 15.2. The van der Waals surface area contributed by atoms with E-state index in [1.54, 1.807) is 0 Å². The molecule has 4 nitrogen and oxygen atoms in total. The lowest BCUT2D eigenvalue weighted by molar-refractivity contribution is 0.660. The maximum Gasteiger partial charge on any atom is 0.220 e. The smallest absolute Gasteiger partial charge is 0.220 e. The van der Waals surface area contributed by atoms with E-state index in [1.165, 1.54) is 55.7 Å². The predicted octanol–water partition coefficient (Wildman–Crippen LogP) is 13.3. The number of benzene rings is 7. The van der Waals surface area contributed by atoms with Gasteiger partial charge in [-0.25, -0.2) is 4.98 Å². The Hall–Kier alpha value is -6.91. The Balaban J connectivity index is 1.02. The molecule has 0 bridgehead atoms. The van der Waals surface area contributed by atoms with Crippen molar-refractivity contribution in [2.75, 3.05) is 4.90 Å². The van der Waals surface area contributed by atoms with Gasteiger partial charge in [-0.05, 0) is 124 Å². The summed E-state index contributed by atoms with van der Waals surface area (Å²) in [5.41, 5.74) is 19.3. The summed E-state index contributed by atoms with van der Waals surface area (Å²) in [6, 6.07) is 62.0. The molecular weight excluding hydrogens is 681 g/mol. The van der Waals surface area contributed by atoms with E-state index < -0.39 is 0 Å². The maximum atomic E-state index is 5.16. The highest BCUT2D eigenvalue weighted by Crippen LogP contribution is 2.50. The van der Waals surface area contributed by atoms with Crippen LogP contribution in [0.2, 0.25) is 0 Å². The van der Waals surface area contributed by atoms with Crippen molar-refractivity contribution in [1.82, 2.24) is 14.0 Å². The molecule has 0 aliphatic heterocycles. The van der Waals surface area contributed by atoms with Gasteiger partial charge in [0.15, 0.2) is 0 Å². The van der Waals surface area contributed by atoms with Gasteiger partial charge in [-0.15, -0.1) is 0 Å². The SMILES string of the molecule is CC1(C)c2ccccc2-c2ccc(N(c3ccc(-c4ccccc4)cc3)c3ccc(-c4ccc5c(c4)n4c6c(nc4n5-c4ccccc4)C=CCC6)cc3)cc21. The van der Waals surface area contributed by atoms with E-state index in [0.717, 1.165) is 52.6 Å². The van der Waals surface area contributed by atoms with Gasteiger partial charge < -0.3 is 4.90 Å². The van der Waals surface area contributed by atoms with Crippen molar-refractivity contribution in [3.05, 3.63) is 198 Å². The first-order chi connectivity index (χ1) is 27.5. The third kappa shape index (κ3) is 5.03. The summed E-state index contributed by atoms with van der Waals surface area (Å²) in [6.07, 6.45) is 6.42. The Morgan fingerprint density at radius 1 is 0.536 bits per heavy atom. The monoisotopic (exact) mass is 720 g/mol. The van der Waals surface area contributed by atoms with Crippen LogP contribution in [0, 0.1) is 0 Å². The summed E-state index contributed by atoms with van der Waals surface area (Å²) in [7, 11) is 0. The molecule has 0 atom stereocenters. The molecule has 0 radical (unpaired) electrons. The number of para-hydroxylation sites is 1. The molecule has 9 aromatic rings. The lowest BCUT2D eigenvalue weighted by Crippen LogP contribution is -2.16.